The molecule has 3 aromatic carbocycles. The van der Waals surface area contributed by atoms with Gasteiger partial charge in [-0.1, -0.05) is 48.0 Å². The second kappa shape index (κ2) is 9.71. The van der Waals surface area contributed by atoms with Crippen molar-refractivity contribution in [1.29, 1.82) is 0 Å². The zero-order valence-corrected chi connectivity index (χ0v) is 21.3. The molecule has 0 saturated heterocycles. The summed E-state index contributed by atoms with van der Waals surface area (Å²) in [4.78, 5) is 0.0837. The molecule has 0 unspecified atom stereocenters. The molecule has 184 valence electrons. The fourth-order valence-corrected chi connectivity index (χ4v) is 5.92. The van der Waals surface area contributed by atoms with Gasteiger partial charge in [0.05, 0.1) is 35.2 Å². The lowest BCUT2D eigenvalue weighted by atomic mass is 9.98. The van der Waals surface area contributed by atoms with Crippen LogP contribution in [0.5, 0.6) is 5.75 Å². The summed E-state index contributed by atoms with van der Waals surface area (Å²) in [7, 11) is -6.04. The Morgan fingerprint density at radius 1 is 0.971 bits per heavy atom. The van der Waals surface area contributed by atoms with Crippen LogP contribution >= 0.6 is 0 Å². The van der Waals surface area contributed by atoms with Gasteiger partial charge in [0.25, 0.3) is 10.0 Å². The van der Waals surface area contributed by atoms with E-state index >= 15 is 0 Å². The molecule has 0 spiro atoms. The van der Waals surface area contributed by atoms with E-state index in [2.05, 4.69) is 9.82 Å². The lowest BCUT2D eigenvalue weighted by Crippen LogP contribution is -2.27. The molecule has 4 rings (SSSR count). The van der Waals surface area contributed by atoms with E-state index in [1.165, 1.54) is 19.2 Å². The van der Waals surface area contributed by atoms with Crippen LogP contribution in [0.4, 0.5) is 5.69 Å². The van der Waals surface area contributed by atoms with Gasteiger partial charge in [0.15, 0.2) is 0 Å². The fraction of sp³-hybridized carbons (Fsp3) is 0.240. The Hall–Kier alpha value is -3.37. The summed E-state index contributed by atoms with van der Waals surface area (Å²) in [6.45, 7) is 3.51. The Morgan fingerprint density at radius 3 is 2.26 bits per heavy atom. The second-order valence-corrected chi connectivity index (χ2v) is 12.0. The molecular weight excluding hydrogens is 486 g/mol. The fourth-order valence-electron chi connectivity index (χ4n) is 3.83. The van der Waals surface area contributed by atoms with Crippen LogP contribution in [0.25, 0.3) is 0 Å². The molecule has 0 aromatic heterocycles. The number of ether oxygens (including phenoxy) is 1. The first kappa shape index (κ1) is 24.7. The van der Waals surface area contributed by atoms with E-state index in [1.54, 1.807) is 43.3 Å². The molecule has 0 radical (unpaired) electrons. The average molecular weight is 514 g/mol. The normalized spacial score (nSPS) is 16.1. The molecule has 3 aromatic rings. The first-order valence-corrected chi connectivity index (χ1v) is 14.2. The molecule has 0 bridgehead atoms. The SMILES string of the molecule is CCS(=O)(=O)Nc1ccccc1C1=NN(S(=O)(=O)c2ccc(OC)cc2)[C@H](c2ccc(C)cc2)C1. The Kier molecular flexibility index (Phi) is 6.86. The molecule has 0 saturated carbocycles. The monoisotopic (exact) mass is 513 g/mol. The van der Waals surface area contributed by atoms with Crippen LogP contribution in [-0.2, 0) is 20.0 Å². The topological polar surface area (TPSA) is 105 Å². The summed E-state index contributed by atoms with van der Waals surface area (Å²) in [6.07, 6.45) is 0.281. The van der Waals surface area contributed by atoms with Crippen molar-refractivity contribution in [3.05, 3.63) is 89.5 Å². The van der Waals surface area contributed by atoms with Crippen LogP contribution < -0.4 is 9.46 Å². The lowest BCUT2D eigenvalue weighted by Gasteiger charge is -2.23. The van der Waals surface area contributed by atoms with Gasteiger partial charge in [-0.3, -0.25) is 4.72 Å². The Bertz CT molecular complexity index is 1450. The van der Waals surface area contributed by atoms with Gasteiger partial charge >= 0.3 is 0 Å². The van der Waals surface area contributed by atoms with Gasteiger partial charge in [0.1, 0.15) is 5.75 Å². The summed E-state index contributed by atoms with van der Waals surface area (Å²) in [5, 5.41) is 4.54. The maximum atomic E-state index is 13.7. The van der Waals surface area contributed by atoms with Crippen molar-refractivity contribution in [2.24, 2.45) is 5.10 Å². The minimum absolute atomic E-state index is 0.0837. The third-order valence-electron chi connectivity index (χ3n) is 5.82. The van der Waals surface area contributed by atoms with E-state index in [0.29, 0.717) is 22.7 Å². The standard InChI is InChI=1S/C25H27N3O5S2/c1-4-34(29,30)27-23-8-6-5-7-22(23)24-17-25(19-11-9-18(2)10-12-19)28(26-24)35(31,32)21-15-13-20(33-3)14-16-21/h5-16,25,27H,4,17H2,1-3H3/t25-/m0/s1. The highest BCUT2D eigenvalue weighted by Crippen LogP contribution is 2.38. The van der Waals surface area contributed by atoms with Crippen molar-refractivity contribution in [2.45, 2.75) is 31.2 Å². The second-order valence-electron chi connectivity index (χ2n) is 8.18. The molecule has 0 amide bonds. The number of rotatable bonds is 8. The van der Waals surface area contributed by atoms with Crippen LogP contribution in [-0.4, -0.2) is 39.8 Å². The van der Waals surface area contributed by atoms with Gasteiger partial charge < -0.3 is 4.74 Å². The Balaban J connectivity index is 1.81. The molecule has 1 aliphatic heterocycles. The summed E-state index contributed by atoms with van der Waals surface area (Å²) in [5.74, 6) is 0.458. The van der Waals surface area contributed by atoms with Gasteiger partial charge in [0.2, 0.25) is 10.0 Å². The van der Waals surface area contributed by atoms with Crippen molar-refractivity contribution in [2.75, 3.05) is 17.6 Å². The molecule has 8 nitrogen and oxygen atoms in total. The minimum atomic E-state index is -4.01. The number of anilines is 1. The quantitative estimate of drug-likeness (QED) is 0.483. The number of benzene rings is 3. The number of aryl methyl sites for hydroxylation is 1. The highest BCUT2D eigenvalue weighted by atomic mass is 32.2. The zero-order chi connectivity index (χ0) is 25.2. The van der Waals surface area contributed by atoms with Crippen LogP contribution in [0, 0.1) is 6.92 Å². The number of nitrogens with one attached hydrogen (secondary N) is 1. The van der Waals surface area contributed by atoms with E-state index in [9.17, 15) is 16.8 Å². The Labute approximate surface area is 206 Å². The van der Waals surface area contributed by atoms with Gasteiger partial charge in [-0.05, 0) is 49.7 Å². The third kappa shape index (κ3) is 5.18. The van der Waals surface area contributed by atoms with E-state index < -0.39 is 26.1 Å². The van der Waals surface area contributed by atoms with Crippen molar-refractivity contribution in [3.8, 4) is 5.75 Å². The first-order valence-electron chi connectivity index (χ1n) is 11.1. The molecule has 0 aliphatic carbocycles. The van der Waals surface area contributed by atoms with E-state index in [0.717, 1.165) is 15.5 Å². The largest absolute Gasteiger partial charge is 0.497 e. The number of para-hydroxylation sites is 1. The van der Waals surface area contributed by atoms with Crippen LogP contribution in [0.15, 0.2) is 82.8 Å². The molecule has 1 aliphatic rings. The maximum Gasteiger partial charge on any atom is 0.279 e. The van der Waals surface area contributed by atoms with E-state index in [-0.39, 0.29) is 17.1 Å². The molecule has 1 atom stereocenters. The van der Waals surface area contributed by atoms with Crippen molar-refractivity contribution in [3.63, 3.8) is 0 Å². The lowest BCUT2D eigenvalue weighted by molar-refractivity contribution is 0.371. The molecule has 10 heteroatoms. The average Bonchev–Trinajstić information content (AvgIpc) is 3.31. The number of hydrazone groups is 1. The van der Waals surface area contributed by atoms with Gasteiger partial charge in [-0.2, -0.15) is 17.9 Å². The molecule has 1 N–H and O–H groups in total. The molecule has 35 heavy (non-hydrogen) atoms. The van der Waals surface area contributed by atoms with Crippen molar-refractivity contribution in [1.82, 2.24) is 4.41 Å². The predicted molar refractivity (Wildman–Crippen MR) is 137 cm³/mol. The van der Waals surface area contributed by atoms with Gasteiger partial charge in [0, 0.05) is 12.0 Å². The van der Waals surface area contributed by atoms with Gasteiger partial charge in [-0.15, -0.1) is 0 Å². The van der Waals surface area contributed by atoms with Crippen LogP contribution in [0.2, 0.25) is 0 Å². The van der Waals surface area contributed by atoms with Crippen molar-refractivity contribution >= 4 is 31.4 Å². The smallest absolute Gasteiger partial charge is 0.279 e. The zero-order valence-electron chi connectivity index (χ0n) is 19.7. The Morgan fingerprint density at radius 2 is 1.63 bits per heavy atom. The predicted octanol–water partition coefficient (Wildman–Crippen LogP) is 4.31. The van der Waals surface area contributed by atoms with Gasteiger partial charge in [-0.25, -0.2) is 8.42 Å². The summed E-state index contributed by atoms with van der Waals surface area (Å²) >= 11 is 0. The molecule has 1 heterocycles. The number of sulfonamides is 2. The number of nitrogens with zero attached hydrogens (tertiary/aromatic N) is 2. The van der Waals surface area contributed by atoms with E-state index in [4.69, 9.17) is 4.74 Å². The highest BCUT2D eigenvalue weighted by molar-refractivity contribution is 7.92. The summed E-state index contributed by atoms with van der Waals surface area (Å²) in [6, 6.07) is 20.0. The summed E-state index contributed by atoms with van der Waals surface area (Å²) in [5.41, 5.74) is 3.21. The number of hydrogen-bond donors (Lipinski definition) is 1. The van der Waals surface area contributed by atoms with E-state index in [1.807, 2.05) is 31.2 Å². The molecule has 0 fully saturated rings. The third-order valence-corrected chi connectivity index (χ3v) is 8.81. The minimum Gasteiger partial charge on any atom is -0.497 e. The number of methoxy groups -OCH3 is 1. The number of hydrogen-bond acceptors (Lipinski definition) is 6. The first-order chi connectivity index (χ1) is 16.6. The molecular formula is C25H27N3O5S2. The van der Waals surface area contributed by atoms with Crippen LogP contribution in [0.3, 0.4) is 0 Å². The highest BCUT2D eigenvalue weighted by Gasteiger charge is 2.38. The van der Waals surface area contributed by atoms with Crippen molar-refractivity contribution < 1.29 is 21.6 Å². The summed E-state index contributed by atoms with van der Waals surface area (Å²) < 4.78 is 60.7. The maximum absolute atomic E-state index is 13.7. The van der Waals surface area contributed by atoms with Crippen LogP contribution in [0.1, 0.15) is 36.1 Å².